The molecule has 14 heavy (non-hydrogen) atoms. The summed E-state index contributed by atoms with van der Waals surface area (Å²) in [5.41, 5.74) is 6.34. The van der Waals surface area contributed by atoms with E-state index in [4.69, 9.17) is 5.73 Å². The molecule has 0 amide bonds. The van der Waals surface area contributed by atoms with Gasteiger partial charge in [0.25, 0.3) is 0 Å². The summed E-state index contributed by atoms with van der Waals surface area (Å²) < 4.78 is 0. The quantitative estimate of drug-likeness (QED) is 0.674. The zero-order valence-electron chi connectivity index (χ0n) is 9.64. The highest BCUT2D eigenvalue weighted by atomic mass is 15.1. The van der Waals surface area contributed by atoms with Crippen molar-refractivity contribution in [3.05, 3.63) is 0 Å². The number of nitrogens with zero attached hydrogens (tertiary/aromatic N) is 1. The Balaban J connectivity index is 2.38. The Morgan fingerprint density at radius 2 is 2.21 bits per heavy atom. The molecule has 1 atom stereocenters. The molecule has 0 aromatic rings. The minimum atomic E-state index is 0.262. The van der Waals surface area contributed by atoms with E-state index in [1.165, 1.54) is 0 Å². The second kappa shape index (κ2) is 4.82. The minimum Gasteiger partial charge on any atom is -0.327 e. The molecule has 0 aliphatic carbocycles. The molecule has 1 heterocycles. The normalized spacial score (nSPS) is 26.7. The lowest BCUT2D eigenvalue weighted by molar-refractivity contribution is 0.0974. The van der Waals surface area contributed by atoms with Gasteiger partial charge in [-0.05, 0) is 25.3 Å². The summed E-state index contributed by atoms with van der Waals surface area (Å²) in [6, 6.07) is 0.357. The molecular weight excluding hydrogens is 172 g/mol. The summed E-state index contributed by atoms with van der Waals surface area (Å²) in [6.07, 6.45) is 2.11. The Morgan fingerprint density at radius 3 is 2.79 bits per heavy atom. The highest BCUT2D eigenvalue weighted by molar-refractivity contribution is 4.96. The smallest absolute Gasteiger partial charge is 0.0216 e. The van der Waals surface area contributed by atoms with Crippen LogP contribution in [0.1, 0.15) is 33.6 Å². The van der Waals surface area contributed by atoms with Gasteiger partial charge in [-0.1, -0.05) is 13.8 Å². The Labute approximate surface area is 87.8 Å². The van der Waals surface area contributed by atoms with Gasteiger partial charge in [0.2, 0.25) is 0 Å². The topological polar surface area (TPSA) is 29.3 Å². The fourth-order valence-electron chi connectivity index (χ4n) is 2.01. The van der Waals surface area contributed by atoms with Crippen LogP contribution in [0.25, 0.3) is 0 Å². The maximum absolute atomic E-state index is 6.07. The number of hydrogen-bond acceptors (Lipinski definition) is 2. The highest BCUT2D eigenvalue weighted by Gasteiger charge is 2.32. The molecule has 2 nitrogen and oxygen atoms in total. The molecule has 1 rings (SSSR count). The van der Waals surface area contributed by atoms with Gasteiger partial charge in [0.1, 0.15) is 0 Å². The van der Waals surface area contributed by atoms with Crippen molar-refractivity contribution in [3.8, 4) is 11.8 Å². The molecule has 1 saturated heterocycles. The Kier molecular flexibility index (Phi) is 3.97. The van der Waals surface area contributed by atoms with Crippen molar-refractivity contribution in [3.63, 3.8) is 0 Å². The van der Waals surface area contributed by atoms with E-state index < -0.39 is 0 Å². The second-order valence-corrected chi connectivity index (χ2v) is 4.84. The zero-order valence-corrected chi connectivity index (χ0v) is 9.64. The fraction of sp³-hybridized carbons (Fsp3) is 0.833. The maximum atomic E-state index is 6.07. The molecule has 2 N–H and O–H groups in total. The molecule has 1 aliphatic heterocycles. The Hall–Kier alpha value is -0.520. The molecule has 2 heteroatoms. The number of hydrogen-bond donors (Lipinski definition) is 1. The third kappa shape index (κ3) is 3.01. The van der Waals surface area contributed by atoms with Gasteiger partial charge in [-0.3, -0.25) is 0 Å². The summed E-state index contributed by atoms with van der Waals surface area (Å²) in [4.78, 5) is 2.48. The van der Waals surface area contributed by atoms with E-state index in [-0.39, 0.29) is 5.41 Å². The molecule has 0 aromatic carbocycles. The molecule has 0 spiro atoms. The van der Waals surface area contributed by atoms with Crippen molar-refractivity contribution >= 4 is 0 Å². The molecule has 1 fully saturated rings. The van der Waals surface area contributed by atoms with Gasteiger partial charge in [-0.15, -0.1) is 11.8 Å². The summed E-state index contributed by atoms with van der Waals surface area (Å²) in [5, 5.41) is 0. The van der Waals surface area contributed by atoms with E-state index in [0.717, 1.165) is 32.5 Å². The van der Waals surface area contributed by atoms with Crippen LogP contribution in [0.3, 0.4) is 0 Å². The van der Waals surface area contributed by atoms with Gasteiger partial charge in [-0.2, -0.15) is 0 Å². The first kappa shape index (κ1) is 11.6. The average molecular weight is 194 g/mol. The molecule has 0 saturated carbocycles. The third-order valence-corrected chi connectivity index (χ3v) is 3.12. The summed E-state index contributed by atoms with van der Waals surface area (Å²) in [5.74, 6) is 6.05. The highest BCUT2D eigenvalue weighted by Crippen LogP contribution is 2.27. The Morgan fingerprint density at radius 1 is 1.50 bits per heavy atom. The van der Waals surface area contributed by atoms with Gasteiger partial charge in [0, 0.05) is 25.6 Å². The van der Waals surface area contributed by atoms with Crippen molar-refractivity contribution in [2.24, 2.45) is 11.1 Å². The predicted molar refractivity (Wildman–Crippen MR) is 60.9 cm³/mol. The summed E-state index contributed by atoms with van der Waals surface area (Å²) >= 11 is 0. The SMILES string of the molecule is CC#CCCN1CCC(N)C(C)(C)C1. The van der Waals surface area contributed by atoms with Gasteiger partial charge in [-0.25, -0.2) is 0 Å². The molecule has 1 unspecified atom stereocenters. The number of rotatable bonds is 2. The molecule has 1 aliphatic rings. The largest absolute Gasteiger partial charge is 0.327 e. The van der Waals surface area contributed by atoms with Crippen LogP contribution in [0, 0.1) is 17.3 Å². The number of nitrogens with two attached hydrogens (primary N) is 1. The zero-order chi connectivity index (χ0) is 10.6. The first-order chi connectivity index (χ1) is 6.56. The fourth-order valence-corrected chi connectivity index (χ4v) is 2.01. The molecule has 0 bridgehead atoms. The van der Waals surface area contributed by atoms with E-state index in [9.17, 15) is 0 Å². The maximum Gasteiger partial charge on any atom is 0.0216 e. The van der Waals surface area contributed by atoms with Crippen molar-refractivity contribution < 1.29 is 0 Å². The summed E-state index contributed by atoms with van der Waals surface area (Å²) in [6.45, 7) is 9.76. The van der Waals surface area contributed by atoms with Crippen molar-refractivity contribution in [1.29, 1.82) is 0 Å². The van der Waals surface area contributed by atoms with E-state index >= 15 is 0 Å². The van der Waals surface area contributed by atoms with Gasteiger partial charge >= 0.3 is 0 Å². The number of piperidine rings is 1. The van der Waals surface area contributed by atoms with E-state index in [1.807, 2.05) is 6.92 Å². The standard InChI is InChI=1S/C12H22N2/c1-4-5-6-8-14-9-7-11(13)12(2,3)10-14/h11H,6-10,13H2,1-3H3. The van der Waals surface area contributed by atoms with E-state index in [2.05, 4.69) is 30.6 Å². The third-order valence-electron chi connectivity index (χ3n) is 3.12. The van der Waals surface area contributed by atoms with Crippen molar-refractivity contribution in [2.75, 3.05) is 19.6 Å². The molecule has 0 radical (unpaired) electrons. The van der Waals surface area contributed by atoms with Gasteiger partial charge < -0.3 is 10.6 Å². The minimum absolute atomic E-state index is 0.262. The lowest BCUT2D eigenvalue weighted by Gasteiger charge is -2.42. The van der Waals surface area contributed by atoms with Crippen LogP contribution in [0.4, 0.5) is 0 Å². The van der Waals surface area contributed by atoms with E-state index in [0.29, 0.717) is 6.04 Å². The average Bonchev–Trinajstić information content (AvgIpc) is 2.11. The van der Waals surface area contributed by atoms with Crippen LogP contribution in [0.15, 0.2) is 0 Å². The van der Waals surface area contributed by atoms with Crippen molar-refractivity contribution in [1.82, 2.24) is 4.90 Å². The van der Waals surface area contributed by atoms with Crippen LogP contribution < -0.4 is 5.73 Å². The van der Waals surface area contributed by atoms with Crippen LogP contribution in [0.5, 0.6) is 0 Å². The van der Waals surface area contributed by atoms with Crippen LogP contribution >= 0.6 is 0 Å². The van der Waals surface area contributed by atoms with Gasteiger partial charge in [0.05, 0.1) is 0 Å². The van der Waals surface area contributed by atoms with E-state index in [1.54, 1.807) is 0 Å². The lowest BCUT2D eigenvalue weighted by atomic mass is 9.80. The van der Waals surface area contributed by atoms with Crippen LogP contribution in [0.2, 0.25) is 0 Å². The monoisotopic (exact) mass is 194 g/mol. The predicted octanol–water partition coefficient (Wildman–Crippen LogP) is 1.46. The first-order valence-corrected chi connectivity index (χ1v) is 5.44. The number of likely N-dealkylation sites (tertiary alicyclic amines) is 1. The van der Waals surface area contributed by atoms with Crippen LogP contribution in [-0.4, -0.2) is 30.6 Å². The molecule has 80 valence electrons. The first-order valence-electron chi connectivity index (χ1n) is 5.44. The molecule has 0 aromatic heterocycles. The van der Waals surface area contributed by atoms with Crippen molar-refractivity contribution in [2.45, 2.75) is 39.7 Å². The summed E-state index contributed by atoms with van der Waals surface area (Å²) in [7, 11) is 0. The molecular formula is C12H22N2. The Bertz CT molecular complexity index is 234. The second-order valence-electron chi connectivity index (χ2n) is 4.84. The van der Waals surface area contributed by atoms with Crippen LogP contribution in [-0.2, 0) is 0 Å². The van der Waals surface area contributed by atoms with Gasteiger partial charge in [0.15, 0.2) is 0 Å². The lowest BCUT2D eigenvalue weighted by Crippen LogP contribution is -2.52.